The van der Waals surface area contributed by atoms with Crippen molar-refractivity contribution in [3.05, 3.63) is 17.7 Å². The van der Waals surface area contributed by atoms with Crippen LogP contribution in [0.3, 0.4) is 0 Å². The van der Waals surface area contributed by atoms with Crippen LogP contribution in [-0.2, 0) is 22.7 Å². The topological polar surface area (TPSA) is 125 Å². The molecule has 1 aliphatic heterocycles. The highest BCUT2D eigenvalue weighted by Crippen LogP contribution is 2.25. The molecule has 2 aliphatic rings. The summed E-state index contributed by atoms with van der Waals surface area (Å²) in [5.41, 5.74) is 0.694. The molecule has 1 amide bonds. The summed E-state index contributed by atoms with van der Waals surface area (Å²) in [7, 11) is 1.67. The second-order valence-corrected chi connectivity index (χ2v) is 6.24. The Kier molecular flexibility index (Phi) is 9.99. The zero-order valence-corrected chi connectivity index (χ0v) is 15.1. The highest BCUT2D eigenvalue weighted by atomic mass is 16.3. The number of hydrogen-bond acceptors (Lipinski definition) is 5. The summed E-state index contributed by atoms with van der Waals surface area (Å²) in [5, 5.41) is 16.5. The molecule has 1 aromatic heterocycles. The van der Waals surface area contributed by atoms with E-state index in [1.165, 1.54) is 38.6 Å². The first-order valence-electron chi connectivity index (χ1n) is 8.75. The Morgan fingerprint density at radius 1 is 1.23 bits per heavy atom. The molecule has 1 fully saturated rings. The molecule has 3 N–H and O–H groups in total. The zero-order valence-electron chi connectivity index (χ0n) is 15.1. The summed E-state index contributed by atoms with van der Waals surface area (Å²) in [6.07, 6.45) is 8.68. The Bertz CT molecular complexity index is 563. The number of imidazole rings is 1. The molecule has 0 radical (unpaired) electrons. The largest absolute Gasteiger partial charge is 0.483 e. The fraction of sp³-hybridized carbons (Fsp3) is 0.647. The molecule has 2 heterocycles. The van der Waals surface area contributed by atoms with Crippen molar-refractivity contribution in [2.24, 2.45) is 5.92 Å². The van der Waals surface area contributed by atoms with Crippen molar-refractivity contribution in [3.8, 4) is 0 Å². The number of amides is 1. The number of carbonyl (C=O) groups excluding carboxylic acids is 1. The maximum atomic E-state index is 11.8. The lowest BCUT2D eigenvalue weighted by Crippen LogP contribution is -2.38. The minimum atomic E-state index is -0.250. The molecule has 0 atom stereocenters. The molecule has 9 nitrogen and oxygen atoms in total. The third-order valence-corrected chi connectivity index (χ3v) is 4.64. The van der Waals surface area contributed by atoms with Crippen molar-refractivity contribution >= 4 is 18.9 Å². The van der Waals surface area contributed by atoms with E-state index in [1.54, 1.807) is 13.2 Å². The maximum Gasteiger partial charge on any atom is 0.290 e. The van der Waals surface area contributed by atoms with E-state index in [4.69, 9.17) is 19.8 Å². The molecule has 0 unspecified atom stereocenters. The number of hydrogen-bond donors (Lipinski definition) is 3. The number of rotatable bonds is 3. The second-order valence-electron chi connectivity index (χ2n) is 6.24. The molecule has 146 valence electrons. The minimum absolute atomic E-state index is 0.0375. The minimum Gasteiger partial charge on any atom is -0.483 e. The third-order valence-electron chi connectivity index (χ3n) is 4.64. The Labute approximate surface area is 153 Å². The smallest absolute Gasteiger partial charge is 0.290 e. The first kappa shape index (κ1) is 21.6. The van der Waals surface area contributed by atoms with Crippen LogP contribution in [0, 0.1) is 5.92 Å². The lowest BCUT2D eigenvalue weighted by Gasteiger charge is -2.32. The molecule has 26 heavy (non-hydrogen) atoms. The number of carboxylic acid groups (broad SMARTS) is 2. The van der Waals surface area contributed by atoms with Crippen LogP contribution in [0.2, 0.25) is 0 Å². The summed E-state index contributed by atoms with van der Waals surface area (Å²) in [6, 6.07) is 0. The van der Waals surface area contributed by atoms with E-state index < -0.39 is 0 Å². The Balaban J connectivity index is 0.000000499. The van der Waals surface area contributed by atoms with Crippen LogP contribution in [0.25, 0.3) is 0 Å². The average Bonchev–Trinajstić information content (AvgIpc) is 3.06. The van der Waals surface area contributed by atoms with Crippen LogP contribution in [0.1, 0.15) is 48.4 Å². The number of nitrogens with one attached hydrogen (secondary N) is 1. The molecule has 1 aromatic rings. The van der Waals surface area contributed by atoms with Gasteiger partial charge in [-0.15, -0.1) is 0 Å². The van der Waals surface area contributed by atoms with Crippen molar-refractivity contribution in [1.82, 2.24) is 19.8 Å². The lowest BCUT2D eigenvalue weighted by atomic mass is 9.89. The van der Waals surface area contributed by atoms with Crippen LogP contribution in [0.15, 0.2) is 6.20 Å². The maximum absolute atomic E-state index is 11.8. The zero-order chi connectivity index (χ0) is 19.4. The van der Waals surface area contributed by atoms with Crippen molar-refractivity contribution in [3.63, 3.8) is 0 Å². The normalized spacial score (nSPS) is 16.8. The van der Waals surface area contributed by atoms with Crippen LogP contribution in [0.4, 0.5) is 0 Å². The fourth-order valence-corrected chi connectivity index (χ4v) is 3.51. The SMILES string of the molecule is CNC(=O)c1cnc2n1CCN(CC1CCCCC1)C2.O=CO.O=CO. The fourth-order valence-electron chi connectivity index (χ4n) is 3.51. The molecule has 0 saturated heterocycles. The van der Waals surface area contributed by atoms with E-state index in [-0.39, 0.29) is 18.9 Å². The standard InChI is InChI=1S/C15H24N4O.2CH2O2/c1-16-15(20)13-9-17-14-11-18(7-8-19(13)14)10-12-5-3-2-4-6-12;2*2-1-3/h9,12H,2-8,10-11H2,1H3,(H,16,20);2*1H,(H,2,3). The van der Waals surface area contributed by atoms with Gasteiger partial charge in [0.15, 0.2) is 0 Å². The number of aromatic nitrogens is 2. The summed E-state index contributed by atoms with van der Waals surface area (Å²) in [5.74, 6) is 1.86. The quantitative estimate of drug-likeness (QED) is 0.681. The predicted molar refractivity (Wildman–Crippen MR) is 94.9 cm³/mol. The molecule has 0 spiro atoms. The Morgan fingerprint density at radius 2 is 1.85 bits per heavy atom. The number of fused-ring (bicyclic) bond motifs is 1. The van der Waals surface area contributed by atoms with Crippen molar-refractivity contribution in [2.75, 3.05) is 20.1 Å². The molecular weight excluding hydrogens is 340 g/mol. The Hall–Kier alpha value is -2.42. The third kappa shape index (κ3) is 6.47. The molecule has 1 aliphatic carbocycles. The second kappa shape index (κ2) is 12.0. The van der Waals surface area contributed by atoms with E-state index in [0.717, 1.165) is 31.4 Å². The molecule has 0 aromatic carbocycles. The van der Waals surface area contributed by atoms with E-state index in [2.05, 4.69) is 19.8 Å². The van der Waals surface area contributed by atoms with E-state index in [9.17, 15) is 4.79 Å². The summed E-state index contributed by atoms with van der Waals surface area (Å²) >= 11 is 0. The molecule has 3 rings (SSSR count). The number of carbonyl (C=O) groups is 3. The molecule has 9 heteroatoms. The molecule has 0 bridgehead atoms. The van der Waals surface area contributed by atoms with E-state index in [1.807, 2.05) is 0 Å². The average molecular weight is 368 g/mol. The van der Waals surface area contributed by atoms with Crippen molar-refractivity contribution in [2.45, 2.75) is 45.2 Å². The van der Waals surface area contributed by atoms with Crippen molar-refractivity contribution < 1.29 is 24.6 Å². The van der Waals surface area contributed by atoms with Gasteiger partial charge < -0.3 is 20.1 Å². The van der Waals surface area contributed by atoms with Gasteiger partial charge in [0.2, 0.25) is 0 Å². The Morgan fingerprint density at radius 3 is 2.42 bits per heavy atom. The number of nitrogens with zero attached hydrogens (tertiary/aromatic N) is 3. The summed E-state index contributed by atoms with van der Waals surface area (Å²) in [4.78, 5) is 35.4. The van der Waals surface area contributed by atoms with Gasteiger partial charge in [-0.05, 0) is 18.8 Å². The van der Waals surface area contributed by atoms with Crippen LogP contribution in [0.5, 0.6) is 0 Å². The first-order valence-corrected chi connectivity index (χ1v) is 8.75. The van der Waals surface area contributed by atoms with Crippen LogP contribution >= 0.6 is 0 Å². The molecular formula is C17H28N4O5. The summed E-state index contributed by atoms with van der Waals surface area (Å²) in [6.45, 7) is 3.49. The van der Waals surface area contributed by atoms with E-state index in [0.29, 0.717) is 5.69 Å². The van der Waals surface area contributed by atoms with Gasteiger partial charge in [-0.1, -0.05) is 19.3 Å². The summed E-state index contributed by atoms with van der Waals surface area (Å²) < 4.78 is 2.07. The first-order chi connectivity index (χ1) is 12.6. The van der Waals surface area contributed by atoms with Gasteiger partial charge in [0.25, 0.3) is 18.9 Å². The van der Waals surface area contributed by atoms with Crippen LogP contribution < -0.4 is 5.32 Å². The van der Waals surface area contributed by atoms with Gasteiger partial charge in [-0.2, -0.15) is 0 Å². The highest BCUT2D eigenvalue weighted by molar-refractivity contribution is 5.92. The van der Waals surface area contributed by atoms with Gasteiger partial charge in [-0.25, -0.2) is 4.98 Å². The van der Waals surface area contributed by atoms with Crippen LogP contribution in [-0.4, -0.2) is 63.7 Å². The van der Waals surface area contributed by atoms with E-state index >= 15 is 0 Å². The molecule has 1 saturated carbocycles. The van der Waals surface area contributed by atoms with Crippen molar-refractivity contribution in [1.29, 1.82) is 0 Å². The highest BCUT2D eigenvalue weighted by Gasteiger charge is 2.24. The van der Waals surface area contributed by atoms with Gasteiger partial charge in [0.1, 0.15) is 11.5 Å². The van der Waals surface area contributed by atoms with Gasteiger partial charge in [0, 0.05) is 26.7 Å². The van der Waals surface area contributed by atoms with Gasteiger partial charge >= 0.3 is 0 Å². The lowest BCUT2D eigenvalue weighted by molar-refractivity contribution is -0.123. The predicted octanol–water partition coefficient (Wildman–Crippen LogP) is 1.04. The van der Waals surface area contributed by atoms with Gasteiger partial charge in [0.05, 0.1) is 12.7 Å². The van der Waals surface area contributed by atoms with Gasteiger partial charge in [-0.3, -0.25) is 19.3 Å². The monoisotopic (exact) mass is 368 g/mol.